The number of nitrogens with two attached hydrogens (primary N) is 1. The highest BCUT2D eigenvalue weighted by atomic mass is 35.5. The molecule has 2 heterocycles. The van der Waals surface area contributed by atoms with Crippen molar-refractivity contribution < 1.29 is 4.74 Å². The number of rotatable bonds is 3. The highest BCUT2D eigenvalue weighted by Crippen LogP contribution is 2.33. The Hall–Kier alpha value is -1.45. The molecule has 3 nitrogen and oxygen atoms in total. The summed E-state index contributed by atoms with van der Waals surface area (Å²) in [6.07, 6.45) is 5.06. The second kappa shape index (κ2) is 4.91. The minimum absolute atomic E-state index is 0.0579. The molecule has 0 spiro atoms. The quantitative estimate of drug-likeness (QED) is 0.935. The van der Waals surface area contributed by atoms with Crippen LogP contribution in [-0.2, 0) is 13.0 Å². The van der Waals surface area contributed by atoms with E-state index in [1.807, 2.05) is 25.3 Å². The predicted molar refractivity (Wildman–Crippen MR) is 76.8 cm³/mol. The Kier molecular flexibility index (Phi) is 3.25. The third kappa shape index (κ3) is 2.48. The number of hydrogen-bond donors (Lipinski definition) is 1. The maximum absolute atomic E-state index is 6.17. The second-order valence-electron chi connectivity index (χ2n) is 5.06. The summed E-state index contributed by atoms with van der Waals surface area (Å²) >= 11 is 6.17. The van der Waals surface area contributed by atoms with E-state index in [9.17, 15) is 0 Å². The lowest BCUT2D eigenvalue weighted by Gasteiger charge is -2.10. The minimum Gasteiger partial charge on any atom is -0.493 e. The molecule has 1 aliphatic rings. The number of benzene rings is 1. The predicted octanol–water partition coefficient (Wildman–Crippen LogP) is 3.14. The van der Waals surface area contributed by atoms with Gasteiger partial charge in [0.05, 0.1) is 13.2 Å². The van der Waals surface area contributed by atoms with Crippen LogP contribution in [0, 0.1) is 0 Å². The normalized spacial score (nSPS) is 15.1. The van der Waals surface area contributed by atoms with Gasteiger partial charge >= 0.3 is 0 Å². The van der Waals surface area contributed by atoms with Gasteiger partial charge in [0.2, 0.25) is 0 Å². The number of ether oxygens (including phenoxy) is 1. The molecule has 2 N–H and O–H groups in total. The topological polar surface area (TPSA) is 40.2 Å². The molecule has 19 heavy (non-hydrogen) atoms. The maximum atomic E-state index is 6.17. The van der Waals surface area contributed by atoms with Crippen molar-refractivity contribution in [2.75, 3.05) is 6.61 Å². The van der Waals surface area contributed by atoms with Crippen LogP contribution in [0.3, 0.4) is 0 Å². The molecule has 1 aromatic heterocycles. The number of hydrogen-bond acceptors (Lipinski definition) is 2. The molecule has 100 valence electrons. The zero-order valence-electron chi connectivity index (χ0n) is 10.9. The van der Waals surface area contributed by atoms with Gasteiger partial charge in [-0.25, -0.2) is 0 Å². The van der Waals surface area contributed by atoms with Crippen LogP contribution in [0.15, 0.2) is 30.6 Å². The van der Waals surface area contributed by atoms with Gasteiger partial charge in [-0.2, -0.15) is 0 Å². The SMILES string of the molecule is CC(N)c1ccn(Cc2cc(Cl)cc3c2OCC3)c1. The Balaban J connectivity index is 1.90. The Morgan fingerprint density at radius 2 is 2.32 bits per heavy atom. The van der Waals surface area contributed by atoms with E-state index >= 15 is 0 Å². The van der Waals surface area contributed by atoms with Crippen LogP contribution in [0.1, 0.15) is 29.7 Å². The van der Waals surface area contributed by atoms with E-state index in [1.54, 1.807) is 0 Å². The van der Waals surface area contributed by atoms with Crippen molar-refractivity contribution in [1.82, 2.24) is 4.57 Å². The number of aromatic nitrogens is 1. The van der Waals surface area contributed by atoms with Crippen molar-refractivity contribution in [3.63, 3.8) is 0 Å². The van der Waals surface area contributed by atoms with Gasteiger partial charge in [0.15, 0.2) is 0 Å². The monoisotopic (exact) mass is 276 g/mol. The average molecular weight is 277 g/mol. The summed E-state index contributed by atoms with van der Waals surface area (Å²) in [7, 11) is 0. The first kappa shape index (κ1) is 12.6. The van der Waals surface area contributed by atoms with Crippen LogP contribution in [0.2, 0.25) is 5.02 Å². The lowest BCUT2D eigenvalue weighted by atomic mass is 10.1. The molecule has 0 fully saturated rings. The highest BCUT2D eigenvalue weighted by molar-refractivity contribution is 6.30. The van der Waals surface area contributed by atoms with Gasteiger partial charge in [-0.3, -0.25) is 0 Å². The molecule has 0 radical (unpaired) electrons. The molecule has 0 bridgehead atoms. The molecule has 3 rings (SSSR count). The van der Waals surface area contributed by atoms with Crippen molar-refractivity contribution in [3.05, 3.63) is 52.3 Å². The molecular weight excluding hydrogens is 260 g/mol. The van der Waals surface area contributed by atoms with E-state index in [4.69, 9.17) is 22.1 Å². The smallest absolute Gasteiger partial charge is 0.127 e. The van der Waals surface area contributed by atoms with E-state index in [0.717, 1.165) is 41.5 Å². The fourth-order valence-corrected chi connectivity index (χ4v) is 2.75. The van der Waals surface area contributed by atoms with E-state index in [-0.39, 0.29) is 6.04 Å². The Bertz CT molecular complexity index is 604. The van der Waals surface area contributed by atoms with Crippen LogP contribution >= 0.6 is 11.6 Å². The molecule has 0 amide bonds. The standard InChI is InChI=1S/C15H17ClN2O/c1-10(17)12-2-4-18(8-12)9-13-7-14(16)6-11-3-5-19-15(11)13/h2,4,6-8,10H,3,5,9,17H2,1H3. The zero-order valence-corrected chi connectivity index (χ0v) is 11.7. The number of halogens is 1. The number of fused-ring (bicyclic) bond motifs is 1. The highest BCUT2D eigenvalue weighted by Gasteiger charge is 2.17. The largest absolute Gasteiger partial charge is 0.493 e. The van der Waals surface area contributed by atoms with E-state index in [2.05, 4.69) is 16.8 Å². The van der Waals surface area contributed by atoms with Gasteiger partial charge in [0, 0.05) is 35.4 Å². The first-order valence-electron chi connectivity index (χ1n) is 6.49. The van der Waals surface area contributed by atoms with Gasteiger partial charge in [-0.15, -0.1) is 0 Å². The Morgan fingerprint density at radius 3 is 3.05 bits per heavy atom. The molecule has 1 aromatic carbocycles. The fraction of sp³-hybridized carbons (Fsp3) is 0.333. The third-order valence-electron chi connectivity index (χ3n) is 3.48. The number of nitrogens with zero attached hydrogens (tertiary/aromatic N) is 1. The Labute approximate surface area is 117 Å². The van der Waals surface area contributed by atoms with Crippen molar-refractivity contribution in [2.24, 2.45) is 5.73 Å². The van der Waals surface area contributed by atoms with E-state index in [1.165, 1.54) is 5.56 Å². The molecule has 0 saturated heterocycles. The van der Waals surface area contributed by atoms with Crippen molar-refractivity contribution in [3.8, 4) is 5.75 Å². The first-order chi connectivity index (χ1) is 9.13. The summed E-state index contributed by atoms with van der Waals surface area (Å²) in [6, 6.07) is 6.09. The molecule has 0 saturated carbocycles. The van der Waals surface area contributed by atoms with Gasteiger partial charge in [0.25, 0.3) is 0 Å². The minimum atomic E-state index is 0.0579. The van der Waals surface area contributed by atoms with Crippen LogP contribution in [-0.4, -0.2) is 11.2 Å². The van der Waals surface area contributed by atoms with Gasteiger partial charge < -0.3 is 15.0 Å². The van der Waals surface area contributed by atoms with Gasteiger partial charge in [-0.1, -0.05) is 11.6 Å². The maximum Gasteiger partial charge on any atom is 0.127 e. The van der Waals surface area contributed by atoms with Crippen LogP contribution < -0.4 is 10.5 Å². The van der Waals surface area contributed by atoms with Gasteiger partial charge in [0.1, 0.15) is 5.75 Å². The van der Waals surface area contributed by atoms with Crippen LogP contribution in [0.4, 0.5) is 0 Å². The molecule has 1 atom stereocenters. The average Bonchev–Trinajstić information content (AvgIpc) is 2.96. The van der Waals surface area contributed by atoms with Gasteiger partial charge in [-0.05, 0) is 36.2 Å². The zero-order chi connectivity index (χ0) is 13.4. The molecule has 2 aromatic rings. The fourth-order valence-electron chi connectivity index (χ4n) is 2.49. The van der Waals surface area contributed by atoms with E-state index < -0.39 is 0 Å². The Morgan fingerprint density at radius 1 is 1.47 bits per heavy atom. The third-order valence-corrected chi connectivity index (χ3v) is 3.70. The summed E-state index contributed by atoms with van der Waals surface area (Å²) in [4.78, 5) is 0. The molecule has 4 heteroatoms. The van der Waals surface area contributed by atoms with Crippen LogP contribution in [0.5, 0.6) is 5.75 Å². The second-order valence-corrected chi connectivity index (χ2v) is 5.49. The van der Waals surface area contributed by atoms with E-state index in [0.29, 0.717) is 0 Å². The first-order valence-corrected chi connectivity index (χ1v) is 6.86. The van der Waals surface area contributed by atoms with Crippen molar-refractivity contribution in [2.45, 2.75) is 25.9 Å². The lowest BCUT2D eigenvalue weighted by molar-refractivity contribution is 0.352. The van der Waals surface area contributed by atoms with Crippen LogP contribution in [0.25, 0.3) is 0 Å². The summed E-state index contributed by atoms with van der Waals surface area (Å²) < 4.78 is 7.83. The molecular formula is C15H17ClN2O. The summed E-state index contributed by atoms with van der Waals surface area (Å²) in [6.45, 7) is 3.49. The molecule has 1 aliphatic heterocycles. The molecule has 0 aliphatic carbocycles. The summed E-state index contributed by atoms with van der Waals surface area (Å²) in [5, 5.41) is 0.777. The molecule has 1 unspecified atom stereocenters. The summed E-state index contributed by atoms with van der Waals surface area (Å²) in [5.74, 6) is 1.00. The van der Waals surface area contributed by atoms with Crippen molar-refractivity contribution in [1.29, 1.82) is 0 Å². The van der Waals surface area contributed by atoms with Crippen molar-refractivity contribution >= 4 is 11.6 Å². The lowest BCUT2D eigenvalue weighted by Crippen LogP contribution is -2.04. The summed E-state index contributed by atoms with van der Waals surface area (Å²) in [5.41, 5.74) is 9.36.